The largest absolute Gasteiger partial charge is 0.337 e. The average Bonchev–Trinajstić information content (AvgIpc) is 3.43. The molecule has 0 bridgehead atoms. The van der Waals surface area contributed by atoms with Gasteiger partial charge < -0.3 is 9.80 Å². The summed E-state index contributed by atoms with van der Waals surface area (Å²) in [5, 5.41) is 7.76. The summed E-state index contributed by atoms with van der Waals surface area (Å²) in [5.41, 5.74) is 0.321. The molecule has 0 radical (unpaired) electrons. The first-order valence-corrected chi connectivity index (χ1v) is 9.92. The molecule has 30 heavy (non-hydrogen) atoms. The summed E-state index contributed by atoms with van der Waals surface area (Å²) < 4.78 is 43.4. The maximum absolute atomic E-state index is 14.1. The van der Waals surface area contributed by atoms with Crippen molar-refractivity contribution >= 4 is 11.8 Å². The minimum atomic E-state index is -3.04. The summed E-state index contributed by atoms with van der Waals surface area (Å²) in [6, 6.07) is 4.96. The number of likely N-dealkylation sites (tertiary alicyclic amines) is 2. The van der Waals surface area contributed by atoms with Crippen LogP contribution in [0, 0.1) is 5.82 Å². The monoisotopic (exact) mass is 421 g/mol. The number of hydrogen-bond acceptors (Lipinski definition) is 4. The fourth-order valence-corrected chi connectivity index (χ4v) is 4.04. The van der Waals surface area contributed by atoms with Crippen molar-refractivity contribution in [3.05, 3.63) is 47.5 Å². The summed E-state index contributed by atoms with van der Waals surface area (Å²) in [5.74, 6) is -4.39. The smallest absolute Gasteiger partial charge is 0.276 e. The lowest BCUT2D eigenvalue weighted by Gasteiger charge is -2.24. The van der Waals surface area contributed by atoms with E-state index >= 15 is 0 Å². The summed E-state index contributed by atoms with van der Waals surface area (Å²) in [7, 11) is 0. The lowest BCUT2D eigenvalue weighted by atomic mass is 10.1. The second-order valence-corrected chi connectivity index (χ2v) is 7.83. The highest BCUT2D eigenvalue weighted by atomic mass is 19.3. The minimum Gasteiger partial charge on any atom is -0.337 e. The van der Waals surface area contributed by atoms with E-state index in [2.05, 4.69) is 10.3 Å². The Morgan fingerprint density at radius 3 is 2.63 bits per heavy atom. The molecular weight excluding hydrogens is 399 g/mol. The van der Waals surface area contributed by atoms with Gasteiger partial charge in [-0.2, -0.15) is 0 Å². The van der Waals surface area contributed by atoms with E-state index in [0.717, 1.165) is 17.7 Å². The van der Waals surface area contributed by atoms with Gasteiger partial charge in [-0.15, -0.1) is 5.10 Å². The molecule has 7 nitrogen and oxygen atoms in total. The molecule has 3 heterocycles. The number of amides is 2. The van der Waals surface area contributed by atoms with Crippen molar-refractivity contribution in [1.29, 1.82) is 0 Å². The molecule has 2 saturated heterocycles. The maximum atomic E-state index is 14.1. The van der Waals surface area contributed by atoms with Gasteiger partial charge in [0.2, 0.25) is 5.91 Å². The third kappa shape index (κ3) is 4.31. The van der Waals surface area contributed by atoms with Gasteiger partial charge in [-0.1, -0.05) is 23.4 Å². The highest BCUT2D eigenvalue weighted by Gasteiger charge is 2.47. The number of nitrogens with zero attached hydrogens (tertiary/aromatic N) is 5. The summed E-state index contributed by atoms with van der Waals surface area (Å²) >= 11 is 0. The molecular formula is C20H22F3N5O2. The van der Waals surface area contributed by atoms with Crippen molar-refractivity contribution in [3.63, 3.8) is 0 Å². The third-order valence-corrected chi connectivity index (χ3v) is 5.55. The zero-order valence-electron chi connectivity index (χ0n) is 16.3. The molecule has 0 unspecified atom stereocenters. The average molecular weight is 421 g/mol. The molecule has 0 N–H and O–H groups in total. The summed E-state index contributed by atoms with van der Waals surface area (Å²) in [4.78, 5) is 27.8. The number of alkyl halides is 2. The highest BCUT2D eigenvalue weighted by molar-refractivity contribution is 5.92. The fourth-order valence-electron chi connectivity index (χ4n) is 4.04. The van der Waals surface area contributed by atoms with E-state index in [1.807, 2.05) is 0 Å². The highest BCUT2D eigenvalue weighted by Crippen LogP contribution is 2.33. The third-order valence-electron chi connectivity index (χ3n) is 5.55. The predicted molar refractivity (Wildman–Crippen MR) is 100 cm³/mol. The van der Waals surface area contributed by atoms with Crippen LogP contribution in [0.5, 0.6) is 0 Å². The molecule has 10 heteroatoms. The van der Waals surface area contributed by atoms with Crippen LogP contribution in [0.3, 0.4) is 0 Å². The molecule has 2 aliphatic rings. The normalized spacial score (nSPS) is 20.7. The topological polar surface area (TPSA) is 71.3 Å². The van der Waals surface area contributed by atoms with E-state index < -0.39 is 36.7 Å². The van der Waals surface area contributed by atoms with Crippen LogP contribution in [0.25, 0.3) is 0 Å². The van der Waals surface area contributed by atoms with Crippen molar-refractivity contribution in [2.75, 3.05) is 19.6 Å². The Kier molecular flexibility index (Phi) is 5.48. The second kappa shape index (κ2) is 8.08. The number of halogens is 3. The molecule has 2 fully saturated rings. The van der Waals surface area contributed by atoms with E-state index in [-0.39, 0.29) is 30.1 Å². The number of carbonyl (C=O) groups excluding carboxylic acids is 2. The molecule has 1 aromatic carbocycles. The van der Waals surface area contributed by atoms with Crippen LogP contribution in [0.1, 0.15) is 35.3 Å². The van der Waals surface area contributed by atoms with Gasteiger partial charge in [0.05, 0.1) is 31.7 Å². The standard InChI is InChI=1S/C20H22F3N5O2/c21-16-6-2-1-5-14(16)9-18(29)28-13-20(22,23)10-15(28)11-27-12-17(24-25-27)19(30)26-7-3-4-8-26/h1-2,5-6,12,15H,3-4,7-11,13H2/t15-/m0/s1. The van der Waals surface area contributed by atoms with Crippen LogP contribution >= 0.6 is 0 Å². The first-order chi connectivity index (χ1) is 14.3. The van der Waals surface area contributed by atoms with E-state index in [9.17, 15) is 22.8 Å². The molecule has 1 atom stereocenters. The predicted octanol–water partition coefficient (Wildman–Crippen LogP) is 2.13. The molecule has 0 aliphatic carbocycles. The SMILES string of the molecule is O=C(c1cn(C[C@@H]2CC(F)(F)CN2C(=O)Cc2ccccc2F)nn1)N1CCCC1. The van der Waals surface area contributed by atoms with Gasteiger partial charge in [0.1, 0.15) is 5.82 Å². The van der Waals surface area contributed by atoms with E-state index in [1.165, 1.54) is 29.1 Å². The van der Waals surface area contributed by atoms with Crippen molar-refractivity contribution < 1.29 is 22.8 Å². The zero-order valence-corrected chi connectivity index (χ0v) is 16.3. The first kappa shape index (κ1) is 20.4. The Morgan fingerprint density at radius 1 is 1.17 bits per heavy atom. The maximum Gasteiger partial charge on any atom is 0.276 e. The van der Waals surface area contributed by atoms with Crippen LogP contribution < -0.4 is 0 Å². The van der Waals surface area contributed by atoms with Gasteiger partial charge in [0.15, 0.2) is 5.69 Å². The Hall–Kier alpha value is -2.91. The van der Waals surface area contributed by atoms with Crippen molar-refractivity contribution in [2.45, 2.75) is 44.2 Å². The molecule has 0 spiro atoms. The minimum absolute atomic E-state index is 0.0150. The number of aromatic nitrogens is 3. The van der Waals surface area contributed by atoms with Crippen LogP contribution in [-0.4, -0.2) is 68.2 Å². The Balaban J connectivity index is 1.46. The lowest BCUT2D eigenvalue weighted by molar-refractivity contribution is -0.132. The molecule has 2 aliphatic heterocycles. The molecule has 2 aromatic rings. The van der Waals surface area contributed by atoms with E-state index in [0.29, 0.717) is 13.1 Å². The van der Waals surface area contributed by atoms with Crippen LogP contribution in [0.15, 0.2) is 30.5 Å². The fraction of sp³-hybridized carbons (Fsp3) is 0.500. The number of rotatable bonds is 5. The Morgan fingerprint density at radius 2 is 1.90 bits per heavy atom. The van der Waals surface area contributed by atoms with Crippen LogP contribution in [-0.2, 0) is 17.8 Å². The summed E-state index contributed by atoms with van der Waals surface area (Å²) in [6.07, 6.45) is 2.49. The molecule has 160 valence electrons. The summed E-state index contributed by atoms with van der Waals surface area (Å²) in [6.45, 7) is 0.593. The van der Waals surface area contributed by atoms with Crippen molar-refractivity contribution in [2.24, 2.45) is 0 Å². The molecule has 1 aromatic heterocycles. The van der Waals surface area contributed by atoms with Gasteiger partial charge in [-0.3, -0.25) is 9.59 Å². The van der Waals surface area contributed by atoms with Gasteiger partial charge in [-0.25, -0.2) is 17.9 Å². The zero-order chi connectivity index (χ0) is 21.3. The van der Waals surface area contributed by atoms with Gasteiger partial charge in [0.25, 0.3) is 11.8 Å². The number of carbonyl (C=O) groups is 2. The van der Waals surface area contributed by atoms with Crippen LogP contribution in [0.2, 0.25) is 0 Å². The Labute approximate surface area is 171 Å². The Bertz CT molecular complexity index is 942. The number of benzene rings is 1. The van der Waals surface area contributed by atoms with Crippen LogP contribution in [0.4, 0.5) is 13.2 Å². The van der Waals surface area contributed by atoms with Crippen molar-refractivity contribution in [1.82, 2.24) is 24.8 Å². The lowest BCUT2D eigenvalue weighted by Crippen LogP contribution is -2.39. The molecule has 4 rings (SSSR count). The van der Waals surface area contributed by atoms with Gasteiger partial charge in [-0.05, 0) is 24.5 Å². The van der Waals surface area contributed by atoms with Gasteiger partial charge in [0, 0.05) is 19.5 Å². The second-order valence-electron chi connectivity index (χ2n) is 7.83. The molecule has 0 saturated carbocycles. The van der Waals surface area contributed by atoms with E-state index in [1.54, 1.807) is 11.0 Å². The van der Waals surface area contributed by atoms with Gasteiger partial charge >= 0.3 is 0 Å². The molecule has 2 amide bonds. The van der Waals surface area contributed by atoms with E-state index in [4.69, 9.17) is 0 Å². The van der Waals surface area contributed by atoms with Crippen molar-refractivity contribution in [3.8, 4) is 0 Å². The number of hydrogen-bond donors (Lipinski definition) is 0. The first-order valence-electron chi connectivity index (χ1n) is 9.92. The quantitative estimate of drug-likeness (QED) is 0.742.